The van der Waals surface area contributed by atoms with Crippen molar-refractivity contribution < 1.29 is 43.6 Å². The first-order valence-corrected chi connectivity index (χ1v) is 4.47. The van der Waals surface area contributed by atoms with Crippen LogP contribution in [0.3, 0.4) is 0 Å². The predicted octanol–water partition coefficient (Wildman–Crippen LogP) is -4.63. The quantitative estimate of drug-likeness (QED) is 0.337. The molecule has 0 aliphatic carbocycles. The maximum absolute atomic E-state index is 10.6. The average Bonchev–Trinajstić information content (AvgIpc) is 1.84. The molecule has 64 valence electrons. The molecular weight excluding hydrogens is 179 g/mol. The second-order valence-corrected chi connectivity index (χ2v) is 3.42. The van der Waals surface area contributed by atoms with Crippen LogP contribution in [0.5, 0.6) is 0 Å². The topological polar surface area (TPSA) is 95.4 Å². The van der Waals surface area contributed by atoms with Gasteiger partial charge in [-0.3, -0.25) is 4.18 Å². The number of hydrogen-bond acceptors (Lipinski definition) is 5. The minimum atomic E-state index is -3.40. The molecule has 0 rings (SSSR count). The van der Waals surface area contributed by atoms with Crippen molar-refractivity contribution >= 4 is 10.1 Å². The zero-order valence-electron chi connectivity index (χ0n) is 7.62. The molecule has 0 unspecified atom stereocenters. The summed E-state index contributed by atoms with van der Waals surface area (Å²) in [5, 5.41) is 0. The number of nitrogens with two attached hydrogens (primary N) is 2. The van der Waals surface area contributed by atoms with E-state index in [1.54, 1.807) is 0 Å². The molecule has 0 atom stereocenters. The van der Waals surface area contributed by atoms with Crippen molar-refractivity contribution in [3.8, 4) is 0 Å². The molecule has 5 nitrogen and oxygen atoms in total. The van der Waals surface area contributed by atoms with Gasteiger partial charge in [-0.05, 0) is 0 Å². The SMILES string of the molecule is NCCOS(=O)(=O)CCN.[H-].[Na+]. The van der Waals surface area contributed by atoms with Crippen molar-refractivity contribution in [2.75, 3.05) is 25.4 Å². The Balaban J connectivity index is -0.000000405. The van der Waals surface area contributed by atoms with Crippen molar-refractivity contribution in [2.45, 2.75) is 0 Å². The van der Waals surface area contributed by atoms with Crippen molar-refractivity contribution in [1.29, 1.82) is 0 Å². The van der Waals surface area contributed by atoms with Crippen molar-refractivity contribution in [2.24, 2.45) is 11.5 Å². The van der Waals surface area contributed by atoms with Gasteiger partial charge in [-0.2, -0.15) is 8.42 Å². The first-order chi connectivity index (χ1) is 4.62. The van der Waals surface area contributed by atoms with Crippen LogP contribution in [0.15, 0.2) is 0 Å². The fraction of sp³-hybridized carbons (Fsp3) is 1.00. The van der Waals surface area contributed by atoms with E-state index in [1.165, 1.54) is 0 Å². The minimum absolute atomic E-state index is 0. The molecule has 0 fully saturated rings. The van der Waals surface area contributed by atoms with Crippen LogP contribution in [-0.4, -0.2) is 33.9 Å². The molecule has 0 radical (unpaired) electrons. The van der Waals surface area contributed by atoms with Gasteiger partial charge in [0, 0.05) is 13.1 Å². The van der Waals surface area contributed by atoms with Crippen LogP contribution in [-0.2, 0) is 14.3 Å². The van der Waals surface area contributed by atoms with E-state index in [-0.39, 0.29) is 56.4 Å². The molecule has 4 N–H and O–H groups in total. The van der Waals surface area contributed by atoms with E-state index in [1.807, 2.05) is 0 Å². The van der Waals surface area contributed by atoms with Crippen molar-refractivity contribution in [3.63, 3.8) is 0 Å². The molecule has 0 bridgehead atoms. The maximum Gasteiger partial charge on any atom is 1.00 e. The van der Waals surface area contributed by atoms with E-state index >= 15 is 0 Å². The van der Waals surface area contributed by atoms with Gasteiger partial charge in [0.15, 0.2) is 0 Å². The first kappa shape index (κ1) is 14.4. The van der Waals surface area contributed by atoms with Gasteiger partial charge in [-0.1, -0.05) is 0 Å². The third-order valence-corrected chi connectivity index (χ3v) is 2.01. The predicted molar refractivity (Wildman–Crippen MR) is 39.0 cm³/mol. The van der Waals surface area contributed by atoms with E-state index in [0.717, 1.165) is 0 Å². The molecule has 0 aliphatic heterocycles. The molecule has 0 heterocycles. The molecule has 0 saturated carbocycles. The fourth-order valence-corrected chi connectivity index (χ4v) is 1.14. The summed E-state index contributed by atoms with van der Waals surface area (Å²) in [6.07, 6.45) is 0. The Morgan fingerprint density at radius 3 is 2.18 bits per heavy atom. The smallest absolute Gasteiger partial charge is 1.00 e. The Morgan fingerprint density at radius 1 is 1.27 bits per heavy atom. The first-order valence-electron chi connectivity index (χ1n) is 2.89. The third-order valence-electron chi connectivity index (χ3n) is 0.749. The van der Waals surface area contributed by atoms with Gasteiger partial charge < -0.3 is 12.9 Å². The van der Waals surface area contributed by atoms with Gasteiger partial charge in [0.05, 0.1) is 12.4 Å². The molecule has 0 aromatic carbocycles. The molecule has 0 aliphatic rings. The summed E-state index contributed by atoms with van der Waals surface area (Å²) in [4.78, 5) is 0. The molecule has 0 spiro atoms. The Morgan fingerprint density at radius 2 is 1.82 bits per heavy atom. The summed E-state index contributed by atoms with van der Waals surface area (Å²) in [6, 6.07) is 0. The van der Waals surface area contributed by atoms with Crippen LogP contribution in [0.4, 0.5) is 0 Å². The third kappa shape index (κ3) is 8.74. The Bertz CT molecular complexity index is 175. The molecule has 0 aromatic rings. The second kappa shape index (κ2) is 7.48. The van der Waals surface area contributed by atoms with E-state index < -0.39 is 10.1 Å². The average molecular weight is 192 g/mol. The molecule has 7 heteroatoms. The minimum Gasteiger partial charge on any atom is -1.00 e. The number of hydrogen-bond donors (Lipinski definition) is 2. The standard InChI is InChI=1S/C4H12N2O3S.Na.H/c5-1-3-9-10(7,8)4-2-6;;/h1-6H2;;/q;+1;-1. The van der Waals surface area contributed by atoms with Crippen LogP contribution in [0.1, 0.15) is 1.43 Å². The molecule has 0 saturated heterocycles. The van der Waals surface area contributed by atoms with Crippen LogP contribution in [0.2, 0.25) is 0 Å². The van der Waals surface area contributed by atoms with Crippen LogP contribution >= 0.6 is 0 Å². The molecular formula is C4H13N2NaO3S. The maximum atomic E-state index is 10.6. The normalized spacial score (nSPS) is 10.7. The summed E-state index contributed by atoms with van der Waals surface area (Å²) >= 11 is 0. The Hall–Kier alpha value is 0.830. The van der Waals surface area contributed by atoms with Gasteiger partial charge in [0.2, 0.25) is 0 Å². The summed E-state index contributed by atoms with van der Waals surface area (Å²) in [6.45, 7) is 0.305. The van der Waals surface area contributed by atoms with Gasteiger partial charge in [-0.15, -0.1) is 0 Å². The van der Waals surface area contributed by atoms with Gasteiger partial charge >= 0.3 is 29.6 Å². The second-order valence-electron chi connectivity index (χ2n) is 1.66. The van der Waals surface area contributed by atoms with Gasteiger partial charge in [0.1, 0.15) is 0 Å². The number of rotatable bonds is 5. The van der Waals surface area contributed by atoms with E-state index in [0.29, 0.717) is 0 Å². The summed E-state index contributed by atoms with van der Waals surface area (Å²) in [7, 11) is -3.40. The zero-order valence-corrected chi connectivity index (χ0v) is 9.43. The van der Waals surface area contributed by atoms with Crippen LogP contribution < -0.4 is 41.0 Å². The molecule has 0 amide bonds. The Kier molecular flexibility index (Phi) is 9.76. The largest absolute Gasteiger partial charge is 1.00 e. The van der Waals surface area contributed by atoms with Gasteiger partial charge in [-0.25, -0.2) is 0 Å². The molecule has 0 aromatic heterocycles. The van der Waals surface area contributed by atoms with E-state index in [4.69, 9.17) is 11.5 Å². The Labute approximate surface area is 90.4 Å². The van der Waals surface area contributed by atoms with E-state index in [2.05, 4.69) is 4.18 Å². The van der Waals surface area contributed by atoms with Crippen LogP contribution in [0, 0.1) is 0 Å². The van der Waals surface area contributed by atoms with Crippen molar-refractivity contribution in [1.82, 2.24) is 0 Å². The molecule has 11 heavy (non-hydrogen) atoms. The fourth-order valence-electron chi connectivity index (χ4n) is 0.378. The summed E-state index contributed by atoms with van der Waals surface area (Å²) in [5.74, 6) is -0.146. The summed E-state index contributed by atoms with van der Waals surface area (Å²) < 4.78 is 25.6. The monoisotopic (exact) mass is 192 g/mol. The van der Waals surface area contributed by atoms with E-state index in [9.17, 15) is 8.42 Å². The van der Waals surface area contributed by atoms with Crippen molar-refractivity contribution in [3.05, 3.63) is 0 Å². The van der Waals surface area contributed by atoms with Crippen LogP contribution in [0.25, 0.3) is 0 Å². The van der Waals surface area contributed by atoms with Gasteiger partial charge in [0.25, 0.3) is 10.1 Å². The summed E-state index contributed by atoms with van der Waals surface area (Å²) in [5.41, 5.74) is 10.0. The zero-order chi connectivity index (χ0) is 8.04.